The molecule has 4 nitrogen and oxygen atoms in total. The van der Waals surface area contributed by atoms with Crippen LogP contribution in [0, 0.1) is 11.3 Å². The Balaban J connectivity index is 1.36. The molecular formula is C19H27NO3. The van der Waals surface area contributed by atoms with Crippen molar-refractivity contribution in [2.75, 3.05) is 26.4 Å². The number of benzene rings is 1. The van der Waals surface area contributed by atoms with E-state index in [4.69, 9.17) is 9.47 Å². The van der Waals surface area contributed by atoms with Crippen LogP contribution in [0.3, 0.4) is 0 Å². The normalized spacial score (nSPS) is 22.1. The summed E-state index contributed by atoms with van der Waals surface area (Å²) in [5, 5.41) is 3.01. The van der Waals surface area contributed by atoms with E-state index in [1.54, 1.807) is 0 Å². The Bertz CT molecular complexity index is 532. The number of ether oxygens (including phenoxy) is 2. The highest BCUT2D eigenvalue weighted by atomic mass is 16.5. The molecule has 1 aliphatic heterocycles. The van der Waals surface area contributed by atoms with Crippen LogP contribution in [0.2, 0.25) is 0 Å². The molecule has 1 saturated heterocycles. The van der Waals surface area contributed by atoms with Crippen LogP contribution in [-0.2, 0) is 9.53 Å². The zero-order chi connectivity index (χ0) is 16.3. The van der Waals surface area contributed by atoms with Gasteiger partial charge < -0.3 is 14.8 Å². The molecule has 0 aromatic heterocycles. The van der Waals surface area contributed by atoms with Gasteiger partial charge in [-0.25, -0.2) is 0 Å². The SMILES string of the molecule is CC(C)c1ccc(OCCNC(=O)[C@H]2CC23CCOCC3)cc1. The molecule has 1 saturated carbocycles. The summed E-state index contributed by atoms with van der Waals surface area (Å²) >= 11 is 0. The van der Waals surface area contributed by atoms with Crippen molar-refractivity contribution in [1.82, 2.24) is 5.32 Å². The molecule has 0 bridgehead atoms. The second kappa shape index (κ2) is 6.91. The van der Waals surface area contributed by atoms with Gasteiger partial charge in [-0.2, -0.15) is 0 Å². The minimum atomic E-state index is 0.186. The fourth-order valence-electron chi connectivity index (χ4n) is 3.46. The highest BCUT2D eigenvalue weighted by Gasteiger charge is 2.57. The Morgan fingerprint density at radius 2 is 2.00 bits per heavy atom. The van der Waals surface area contributed by atoms with E-state index in [0.29, 0.717) is 19.1 Å². The Hall–Kier alpha value is -1.55. The van der Waals surface area contributed by atoms with Crippen molar-refractivity contribution in [3.8, 4) is 5.75 Å². The van der Waals surface area contributed by atoms with E-state index in [-0.39, 0.29) is 17.2 Å². The zero-order valence-corrected chi connectivity index (χ0v) is 14.1. The lowest BCUT2D eigenvalue weighted by atomic mass is 9.93. The van der Waals surface area contributed by atoms with Crippen molar-refractivity contribution >= 4 is 5.91 Å². The van der Waals surface area contributed by atoms with Crippen molar-refractivity contribution in [1.29, 1.82) is 0 Å². The monoisotopic (exact) mass is 317 g/mol. The van der Waals surface area contributed by atoms with Crippen LogP contribution in [0.1, 0.15) is 44.6 Å². The smallest absolute Gasteiger partial charge is 0.223 e. The molecular weight excluding hydrogens is 290 g/mol. The fraction of sp³-hybridized carbons (Fsp3) is 0.632. The summed E-state index contributed by atoms with van der Waals surface area (Å²) in [6, 6.07) is 8.18. The van der Waals surface area contributed by atoms with E-state index in [1.165, 1.54) is 5.56 Å². The Morgan fingerprint density at radius 3 is 2.65 bits per heavy atom. The minimum absolute atomic E-state index is 0.186. The third kappa shape index (κ3) is 3.86. The van der Waals surface area contributed by atoms with Gasteiger partial charge in [0, 0.05) is 19.1 Å². The maximum Gasteiger partial charge on any atom is 0.223 e. The standard InChI is InChI=1S/C19H27NO3/c1-14(2)15-3-5-16(6-4-15)23-12-9-20-18(21)17-13-19(17)7-10-22-11-8-19/h3-6,14,17H,7-13H2,1-2H3,(H,20,21)/t17-/m1/s1. The maximum atomic E-state index is 12.2. The van der Waals surface area contributed by atoms with E-state index in [0.717, 1.165) is 38.2 Å². The number of rotatable bonds is 6. The Morgan fingerprint density at radius 1 is 1.30 bits per heavy atom. The average molecular weight is 317 g/mol. The van der Waals surface area contributed by atoms with Crippen LogP contribution in [0.4, 0.5) is 0 Å². The first-order valence-corrected chi connectivity index (χ1v) is 8.69. The van der Waals surface area contributed by atoms with E-state index >= 15 is 0 Å². The molecule has 0 unspecified atom stereocenters. The first-order valence-electron chi connectivity index (χ1n) is 8.69. The number of amides is 1. The van der Waals surface area contributed by atoms with Crippen molar-refractivity contribution in [2.24, 2.45) is 11.3 Å². The van der Waals surface area contributed by atoms with Crippen LogP contribution in [0.25, 0.3) is 0 Å². The number of carbonyl (C=O) groups excluding carboxylic acids is 1. The Kier molecular flexibility index (Phi) is 4.90. The molecule has 1 N–H and O–H groups in total. The molecule has 1 aromatic carbocycles. The van der Waals surface area contributed by atoms with Gasteiger partial charge in [-0.1, -0.05) is 26.0 Å². The van der Waals surface area contributed by atoms with Gasteiger partial charge in [0.15, 0.2) is 0 Å². The number of nitrogens with one attached hydrogen (secondary N) is 1. The minimum Gasteiger partial charge on any atom is -0.492 e. The molecule has 2 aliphatic rings. The Labute approximate surface area is 138 Å². The first-order chi connectivity index (χ1) is 11.1. The van der Waals surface area contributed by atoms with E-state index < -0.39 is 0 Å². The second-order valence-corrected chi connectivity index (χ2v) is 7.09. The van der Waals surface area contributed by atoms with Crippen LogP contribution in [-0.4, -0.2) is 32.3 Å². The molecule has 1 aromatic rings. The van der Waals surface area contributed by atoms with Crippen LogP contribution < -0.4 is 10.1 Å². The largest absolute Gasteiger partial charge is 0.492 e. The van der Waals surface area contributed by atoms with Crippen molar-refractivity contribution in [3.05, 3.63) is 29.8 Å². The molecule has 1 aliphatic carbocycles. The summed E-state index contributed by atoms with van der Waals surface area (Å²) in [4.78, 5) is 12.2. The fourth-order valence-corrected chi connectivity index (χ4v) is 3.46. The number of hydrogen-bond acceptors (Lipinski definition) is 3. The highest BCUT2D eigenvalue weighted by Crippen LogP contribution is 2.59. The number of carbonyl (C=O) groups is 1. The third-order valence-corrected chi connectivity index (χ3v) is 5.21. The van der Waals surface area contributed by atoms with Crippen molar-refractivity contribution in [2.45, 2.75) is 39.0 Å². The maximum absolute atomic E-state index is 12.2. The van der Waals surface area contributed by atoms with E-state index in [2.05, 4.69) is 31.3 Å². The van der Waals surface area contributed by atoms with E-state index in [9.17, 15) is 4.79 Å². The highest BCUT2D eigenvalue weighted by molar-refractivity contribution is 5.82. The summed E-state index contributed by atoms with van der Waals surface area (Å²) in [6.07, 6.45) is 3.09. The molecule has 1 atom stereocenters. The zero-order valence-electron chi connectivity index (χ0n) is 14.1. The topological polar surface area (TPSA) is 47.6 Å². The molecule has 0 radical (unpaired) electrons. The summed E-state index contributed by atoms with van der Waals surface area (Å²) < 4.78 is 11.1. The molecule has 2 fully saturated rings. The third-order valence-electron chi connectivity index (χ3n) is 5.21. The lowest BCUT2D eigenvalue weighted by Crippen LogP contribution is -2.32. The van der Waals surface area contributed by atoms with Crippen LogP contribution in [0.5, 0.6) is 5.75 Å². The van der Waals surface area contributed by atoms with Gasteiger partial charge in [-0.15, -0.1) is 0 Å². The molecule has 1 heterocycles. The first kappa shape index (κ1) is 16.3. The lowest BCUT2D eigenvalue weighted by molar-refractivity contribution is -0.123. The number of hydrogen-bond donors (Lipinski definition) is 1. The molecule has 23 heavy (non-hydrogen) atoms. The summed E-state index contributed by atoms with van der Waals surface area (Å²) in [5.74, 6) is 1.76. The summed E-state index contributed by atoms with van der Waals surface area (Å²) in [6.45, 7) is 7.03. The van der Waals surface area contributed by atoms with Gasteiger partial charge in [0.05, 0.1) is 6.54 Å². The molecule has 126 valence electrons. The van der Waals surface area contributed by atoms with Gasteiger partial charge in [0.25, 0.3) is 0 Å². The molecule has 4 heteroatoms. The van der Waals surface area contributed by atoms with Gasteiger partial charge in [-0.3, -0.25) is 4.79 Å². The van der Waals surface area contributed by atoms with Crippen LogP contribution in [0.15, 0.2) is 24.3 Å². The van der Waals surface area contributed by atoms with Gasteiger partial charge in [0.1, 0.15) is 12.4 Å². The predicted molar refractivity (Wildman–Crippen MR) is 89.6 cm³/mol. The van der Waals surface area contributed by atoms with Gasteiger partial charge >= 0.3 is 0 Å². The van der Waals surface area contributed by atoms with Crippen molar-refractivity contribution < 1.29 is 14.3 Å². The second-order valence-electron chi connectivity index (χ2n) is 7.09. The van der Waals surface area contributed by atoms with Crippen LogP contribution >= 0.6 is 0 Å². The molecule has 1 spiro atoms. The molecule has 1 amide bonds. The molecule has 3 rings (SSSR count). The summed E-state index contributed by atoms with van der Waals surface area (Å²) in [5.41, 5.74) is 1.55. The predicted octanol–water partition coefficient (Wildman–Crippen LogP) is 3.12. The van der Waals surface area contributed by atoms with Crippen molar-refractivity contribution in [3.63, 3.8) is 0 Å². The summed E-state index contributed by atoms with van der Waals surface area (Å²) in [7, 11) is 0. The van der Waals surface area contributed by atoms with Gasteiger partial charge in [0.2, 0.25) is 5.91 Å². The quantitative estimate of drug-likeness (QED) is 0.820. The van der Waals surface area contributed by atoms with E-state index in [1.807, 2.05) is 12.1 Å². The lowest BCUT2D eigenvalue weighted by Gasteiger charge is -2.22. The van der Waals surface area contributed by atoms with Gasteiger partial charge in [-0.05, 0) is 48.3 Å². The average Bonchev–Trinajstić information content (AvgIpc) is 3.25.